The van der Waals surface area contributed by atoms with Gasteiger partial charge in [-0.2, -0.15) is 0 Å². The van der Waals surface area contributed by atoms with Crippen molar-refractivity contribution in [1.29, 1.82) is 0 Å². The zero-order chi connectivity index (χ0) is 50.7. The monoisotopic (exact) mass is 963 g/mol. The lowest BCUT2D eigenvalue weighted by molar-refractivity contribution is -0.166. The molecule has 0 radical (unpaired) electrons. The van der Waals surface area contributed by atoms with Crippen molar-refractivity contribution in [2.75, 3.05) is 13.2 Å². The number of allylic oxidation sites excluding steroid dienone is 26. The standard InChI is InChI=1S/C64H98O6/c1-4-7-10-13-16-19-22-25-28-30-32-34-36-39-42-45-48-51-54-57-63(66)69-60-61(59-68-62(65)56-53-50-47-44-41-38-27-24-21-18-15-12-9-6-3)70-64(67)58-55-52-49-46-43-40-37-35-33-31-29-26-23-20-17-14-11-8-5-2/h7-8,10-11,16-17,19-20,24-29,32-35,39-40,42-43,48-49,51-52,61H,4-6,9,12-15,18,21-23,30-31,36-38,41,44-47,50,53-60H2,1-3H3/b10-7+,11-8+,19-16+,20-17+,27-24+,28-25+,29-26+,34-32+,35-33+,42-39+,43-40+,51-48+,52-49+/t61-/m1/s1. The summed E-state index contributed by atoms with van der Waals surface area (Å²) in [6, 6.07) is 0. The van der Waals surface area contributed by atoms with Crippen LogP contribution in [-0.2, 0) is 28.6 Å². The molecule has 0 aliphatic rings. The number of carbonyl (C=O) groups is 3. The fourth-order valence-corrected chi connectivity index (χ4v) is 6.72. The van der Waals surface area contributed by atoms with Gasteiger partial charge in [0.15, 0.2) is 6.10 Å². The molecule has 0 aromatic rings. The quantitative estimate of drug-likeness (QED) is 0.0262. The van der Waals surface area contributed by atoms with Gasteiger partial charge in [-0.05, 0) is 122 Å². The van der Waals surface area contributed by atoms with Crippen LogP contribution in [0.3, 0.4) is 0 Å². The molecule has 0 heterocycles. The molecule has 0 aromatic heterocycles. The summed E-state index contributed by atoms with van der Waals surface area (Å²) in [7, 11) is 0. The third-order valence-corrected chi connectivity index (χ3v) is 10.8. The second kappa shape index (κ2) is 56.6. The first-order valence-corrected chi connectivity index (χ1v) is 27.5. The molecule has 0 aliphatic carbocycles. The van der Waals surface area contributed by atoms with Crippen molar-refractivity contribution in [3.63, 3.8) is 0 Å². The van der Waals surface area contributed by atoms with Crippen LogP contribution in [0.25, 0.3) is 0 Å². The van der Waals surface area contributed by atoms with Crippen LogP contribution < -0.4 is 0 Å². The molecular weight excluding hydrogens is 865 g/mol. The van der Waals surface area contributed by atoms with E-state index in [-0.39, 0.29) is 38.0 Å². The Morgan fingerprint density at radius 1 is 0.300 bits per heavy atom. The Morgan fingerprint density at radius 3 is 0.957 bits per heavy atom. The van der Waals surface area contributed by atoms with Crippen molar-refractivity contribution in [2.45, 2.75) is 213 Å². The van der Waals surface area contributed by atoms with Gasteiger partial charge in [0.2, 0.25) is 0 Å². The van der Waals surface area contributed by atoms with Crippen molar-refractivity contribution in [2.24, 2.45) is 0 Å². The minimum Gasteiger partial charge on any atom is -0.462 e. The van der Waals surface area contributed by atoms with Gasteiger partial charge in [0, 0.05) is 19.3 Å². The molecule has 0 saturated carbocycles. The molecule has 0 amide bonds. The fraction of sp³-hybridized carbons (Fsp3) is 0.547. The van der Waals surface area contributed by atoms with Gasteiger partial charge in [0.1, 0.15) is 13.2 Å². The van der Waals surface area contributed by atoms with E-state index in [1.54, 1.807) is 0 Å². The first-order valence-electron chi connectivity index (χ1n) is 27.5. The summed E-state index contributed by atoms with van der Waals surface area (Å²) >= 11 is 0. The van der Waals surface area contributed by atoms with Crippen LogP contribution in [0, 0.1) is 0 Å². The minimum absolute atomic E-state index is 0.143. The molecule has 0 spiro atoms. The molecule has 0 aliphatic heterocycles. The Hall–Kier alpha value is -4.97. The van der Waals surface area contributed by atoms with Crippen LogP contribution in [-0.4, -0.2) is 37.2 Å². The fourth-order valence-electron chi connectivity index (χ4n) is 6.72. The average Bonchev–Trinajstić information content (AvgIpc) is 3.36. The molecule has 1 atom stereocenters. The van der Waals surface area contributed by atoms with E-state index in [9.17, 15) is 14.4 Å². The van der Waals surface area contributed by atoms with E-state index in [0.717, 1.165) is 109 Å². The highest BCUT2D eigenvalue weighted by Crippen LogP contribution is 2.11. The predicted molar refractivity (Wildman–Crippen MR) is 302 cm³/mol. The molecule has 390 valence electrons. The van der Waals surface area contributed by atoms with Gasteiger partial charge in [0.05, 0.1) is 0 Å². The van der Waals surface area contributed by atoms with Gasteiger partial charge < -0.3 is 14.2 Å². The van der Waals surface area contributed by atoms with Crippen LogP contribution in [0.1, 0.15) is 207 Å². The lowest BCUT2D eigenvalue weighted by atomic mass is 10.1. The van der Waals surface area contributed by atoms with Crippen molar-refractivity contribution < 1.29 is 28.6 Å². The normalized spacial score (nSPS) is 13.4. The van der Waals surface area contributed by atoms with E-state index in [2.05, 4.69) is 154 Å². The van der Waals surface area contributed by atoms with Crippen LogP contribution >= 0.6 is 0 Å². The van der Waals surface area contributed by atoms with Crippen molar-refractivity contribution in [1.82, 2.24) is 0 Å². The first-order chi connectivity index (χ1) is 34.5. The second-order valence-electron chi connectivity index (χ2n) is 17.4. The van der Waals surface area contributed by atoms with E-state index < -0.39 is 12.1 Å². The molecule has 6 nitrogen and oxygen atoms in total. The van der Waals surface area contributed by atoms with E-state index in [1.807, 2.05) is 24.3 Å². The maximum Gasteiger partial charge on any atom is 0.306 e. The van der Waals surface area contributed by atoms with E-state index in [0.29, 0.717) is 19.3 Å². The van der Waals surface area contributed by atoms with Crippen molar-refractivity contribution in [3.8, 4) is 0 Å². The lowest BCUT2D eigenvalue weighted by Gasteiger charge is -2.18. The summed E-state index contributed by atoms with van der Waals surface area (Å²) in [5, 5.41) is 0. The summed E-state index contributed by atoms with van der Waals surface area (Å²) in [5.74, 6) is -1.14. The van der Waals surface area contributed by atoms with Gasteiger partial charge >= 0.3 is 17.9 Å². The topological polar surface area (TPSA) is 78.9 Å². The zero-order valence-electron chi connectivity index (χ0n) is 44.5. The third kappa shape index (κ3) is 54.0. The van der Waals surface area contributed by atoms with Crippen LogP contribution in [0.15, 0.2) is 158 Å². The molecule has 0 bridgehead atoms. The summed E-state index contributed by atoms with van der Waals surface area (Å²) in [6.07, 6.45) is 82.5. The van der Waals surface area contributed by atoms with Crippen molar-refractivity contribution >= 4 is 17.9 Å². The van der Waals surface area contributed by atoms with Crippen molar-refractivity contribution in [3.05, 3.63) is 158 Å². The smallest absolute Gasteiger partial charge is 0.306 e. The summed E-state index contributed by atoms with van der Waals surface area (Å²) in [6.45, 7) is 6.24. The van der Waals surface area contributed by atoms with Crippen LogP contribution in [0.2, 0.25) is 0 Å². The maximum absolute atomic E-state index is 12.8. The molecule has 0 fully saturated rings. The molecule has 70 heavy (non-hydrogen) atoms. The Labute approximate surface area is 429 Å². The number of esters is 3. The van der Waals surface area contributed by atoms with Gasteiger partial charge in [-0.25, -0.2) is 0 Å². The van der Waals surface area contributed by atoms with Crippen LogP contribution in [0.4, 0.5) is 0 Å². The third-order valence-electron chi connectivity index (χ3n) is 10.8. The maximum atomic E-state index is 12.8. The number of rotatable bonds is 47. The van der Waals surface area contributed by atoms with Crippen LogP contribution in [0.5, 0.6) is 0 Å². The Bertz CT molecular complexity index is 1620. The van der Waals surface area contributed by atoms with E-state index >= 15 is 0 Å². The summed E-state index contributed by atoms with van der Waals surface area (Å²) < 4.78 is 16.7. The van der Waals surface area contributed by atoms with Gasteiger partial charge in [0.25, 0.3) is 0 Å². The summed E-state index contributed by atoms with van der Waals surface area (Å²) in [5.41, 5.74) is 0. The molecule has 6 heteroatoms. The highest BCUT2D eigenvalue weighted by atomic mass is 16.6. The largest absolute Gasteiger partial charge is 0.462 e. The zero-order valence-corrected chi connectivity index (χ0v) is 44.5. The lowest BCUT2D eigenvalue weighted by Crippen LogP contribution is -2.30. The van der Waals surface area contributed by atoms with Gasteiger partial charge in [-0.15, -0.1) is 0 Å². The predicted octanol–water partition coefficient (Wildman–Crippen LogP) is 18.6. The molecular formula is C64H98O6. The molecule has 0 rings (SSSR count). The molecule has 0 unspecified atom stereocenters. The average molecular weight is 963 g/mol. The molecule has 0 saturated heterocycles. The Morgan fingerprint density at radius 2 is 0.586 bits per heavy atom. The van der Waals surface area contributed by atoms with E-state index in [1.165, 1.54) is 44.9 Å². The number of hydrogen-bond donors (Lipinski definition) is 0. The summed E-state index contributed by atoms with van der Waals surface area (Å²) in [4.78, 5) is 38.0. The van der Waals surface area contributed by atoms with Gasteiger partial charge in [-0.1, -0.05) is 224 Å². The first kappa shape index (κ1) is 65.0. The molecule has 0 aromatic carbocycles. The highest BCUT2D eigenvalue weighted by molar-refractivity contribution is 5.71. The number of carbonyl (C=O) groups excluding carboxylic acids is 3. The number of hydrogen-bond acceptors (Lipinski definition) is 6. The SMILES string of the molecule is CC/C=C/C/C=C/C/C=C/C/C=C/C/C=C/C/C=C/CCC(=O)OC[C@@H](COC(=O)CCCCCCC/C=C/CCCCCCC)OC(=O)CC/C=C/C/C=C/C/C=C/C/C=C/C/C=C/C/C=C/CC. The Kier molecular flexibility index (Phi) is 52.6. The Balaban J connectivity index is 4.66. The molecule has 0 N–H and O–H groups in total. The number of ether oxygens (including phenoxy) is 3. The second-order valence-corrected chi connectivity index (χ2v) is 17.4. The highest BCUT2D eigenvalue weighted by Gasteiger charge is 2.19. The van der Waals surface area contributed by atoms with E-state index in [4.69, 9.17) is 14.2 Å². The van der Waals surface area contributed by atoms with Gasteiger partial charge in [-0.3, -0.25) is 14.4 Å². The minimum atomic E-state index is -0.860. The number of unbranched alkanes of at least 4 members (excludes halogenated alkanes) is 10.